The maximum atomic E-state index is 11.4. The summed E-state index contributed by atoms with van der Waals surface area (Å²) in [5, 5.41) is 47.4. The summed E-state index contributed by atoms with van der Waals surface area (Å²) in [6, 6.07) is -1.15. The van der Waals surface area contributed by atoms with Crippen molar-refractivity contribution in [3.63, 3.8) is 0 Å². The Bertz CT molecular complexity index is 327. The van der Waals surface area contributed by atoms with Gasteiger partial charge in [-0.25, -0.2) is 4.79 Å². The van der Waals surface area contributed by atoms with Crippen LogP contribution in [0.15, 0.2) is 0 Å². The average molecular weight is 281 g/mol. The lowest BCUT2D eigenvalue weighted by Crippen LogP contribution is -2.65. The summed E-state index contributed by atoms with van der Waals surface area (Å²) in [5.74, 6) is -3.63. The molecule has 0 bridgehead atoms. The molecule has 0 aliphatic carbocycles. The minimum absolute atomic E-state index is 0.528. The molecule has 7 N–H and O–H groups in total. The van der Waals surface area contributed by atoms with Crippen LogP contribution in [0.5, 0.6) is 0 Å². The van der Waals surface area contributed by atoms with Crippen LogP contribution in [0.1, 0.15) is 6.42 Å². The van der Waals surface area contributed by atoms with E-state index in [9.17, 15) is 25.2 Å². The van der Waals surface area contributed by atoms with E-state index in [-0.39, 0.29) is 0 Å². The van der Waals surface area contributed by atoms with E-state index in [2.05, 4.69) is 4.74 Å². The topological polar surface area (TPSA) is 163 Å². The van der Waals surface area contributed by atoms with Gasteiger partial charge in [-0.05, 0) is 0 Å². The summed E-state index contributed by atoms with van der Waals surface area (Å²) in [6.07, 6.45) is -6.62. The van der Waals surface area contributed by atoms with Crippen LogP contribution in [0, 0.1) is 0 Å². The second-order valence-corrected chi connectivity index (χ2v) is 4.45. The van der Waals surface area contributed by atoms with Crippen molar-refractivity contribution < 1.29 is 39.8 Å². The fraction of sp³-hybridized carbons (Fsp3) is 0.900. The minimum atomic E-state index is -2.47. The Morgan fingerprint density at radius 2 is 2.16 bits per heavy atom. The molecule has 0 amide bonds. The van der Waals surface area contributed by atoms with Gasteiger partial charge in [0.25, 0.3) is 5.79 Å². The number of esters is 1. The van der Waals surface area contributed by atoms with E-state index in [4.69, 9.17) is 15.6 Å². The maximum absolute atomic E-state index is 11.4. The number of rotatable bonds is 4. The molecule has 0 aromatic rings. The van der Waals surface area contributed by atoms with Crippen molar-refractivity contribution in [3.05, 3.63) is 0 Å². The first-order valence-electron chi connectivity index (χ1n) is 5.66. The standard InChI is InChI=1S/C10H19NO8/c1-18-9(16)10(17)2-4(13)6(11)8(19-10)7(15)5(14)3-12/h4-8,12-15,17H,2-3,11H2,1H3/t4-,5?,6-,7?,8?,10-/m1/s1. The highest BCUT2D eigenvalue weighted by Crippen LogP contribution is 2.30. The molecule has 9 nitrogen and oxygen atoms in total. The molecule has 1 heterocycles. The number of carbonyl (C=O) groups excluding carboxylic acids is 1. The zero-order chi connectivity index (χ0) is 14.8. The molecule has 0 aromatic carbocycles. The number of nitrogens with two attached hydrogens (primary N) is 1. The van der Waals surface area contributed by atoms with Gasteiger partial charge in [0.05, 0.1) is 25.9 Å². The number of hydrogen-bond acceptors (Lipinski definition) is 9. The Morgan fingerprint density at radius 3 is 2.63 bits per heavy atom. The first kappa shape index (κ1) is 16.2. The molecule has 1 aliphatic rings. The van der Waals surface area contributed by atoms with Crippen molar-refractivity contribution >= 4 is 5.97 Å². The molecule has 0 saturated carbocycles. The molecule has 9 heteroatoms. The fourth-order valence-electron chi connectivity index (χ4n) is 1.91. The molecular weight excluding hydrogens is 262 g/mol. The zero-order valence-electron chi connectivity index (χ0n) is 10.3. The van der Waals surface area contributed by atoms with Crippen molar-refractivity contribution in [3.8, 4) is 0 Å². The molecule has 0 spiro atoms. The van der Waals surface area contributed by atoms with E-state index in [0.717, 1.165) is 7.11 Å². The van der Waals surface area contributed by atoms with E-state index in [1.54, 1.807) is 0 Å². The van der Waals surface area contributed by atoms with Gasteiger partial charge < -0.3 is 40.7 Å². The first-order valence-corrected chi connectivity index (χ1v) is 5.66. The number of aliphatic hydroxyl groups is 5. The van der Waals surface area contributed by atoms with Gasteiger partial charge in [0.15, 0.2) is 0 Å². The first-order chi connectivity index (χ1) is 8.76. The predicted molar refractivity (Wildman–Crippen MR) is 59.5 cm³/mol. The molecule has 3 unspecified atom stereocenters. The van der Waals surface area contributed by atoms with Gasteiger partial charge in [0.2, 0.25) is 0 Å². The highest BCUT2D eigenvalue weighted by Gasteiger charge is 2.52. The van der Waals surface area contributed by atoms with Crippen LogP contribution in [-0.4, -0.2) is 81.5 Å². The SMILES string of the molecule is COC(=O)[C@@]1(O)C[C@@H](O)[C@@H](N)C(C(O)C(O)CO)O1. The molecule has 1 aliphatic heterocycles. The normalized spacial score (nSPS) is 38.6. The molecule has 0 radical (unpaired) electrons. The minimum Gasteiger partial charge on any atom is -0.465 e. The third-order valence-electron chi connectivity index (χ3n) is 3.06. The van der Waals surface area contributed by atoms with E-state index < -0.39 is 55.2 Å². The summed E-state index contributed by atoms with van der Waals surface area (Å²) in [5.41, 5.74) is 5.59. The van der Waals surface area contributed by atoms with Gasteiger partial charge in [0, 0.05) is 6.42 Å². The van der Waals surface area contributed by atoms with Crippen LogP contribution in [0.3, 0.4) is 0 Å². The molecule has 1 fully saturated rings. The largest absolute Gasteiger partial charge is 0.465 e. The highest BCUT2D eigenvalue weighted by molar-refractivity contribution is 5.77. The second-order valence-electron chi connectivity index (χ2n) is 4.45. The van der Waals surface area contributed by atoms with E-state index in [1.807, 2.05) is 0 Å². The molecule has 6 atom stereocenters. The summed E-state index contributed by atoms with van der Waals surface area (Å²) >= 11 is 0. The third-order valence-corrected chi connectivity index (χ3v) is 3.06. The van der Waals surface area contributed by atoms with Crippen LogP contribution in [-0.2, 0) is 14.3 Å². The van der Waals surface area contributed by atoms with Crippen LogP contribution in [0.4, 0.5) is 0 Å². The summed E-state index contributed by atoms with van der Waals surface area (Å²) in [7, 11) is 1.01. The van der Waals surface area contributed by atoms with Gasteiger partial charge in [-0.15, -0.1) is 0 Å². The smallest absolute Gasteiger partial charge is 0.366 e. The molecule has 1 saturated heterocycles. The van der Waals surface area contributed by atoms with E-state index >= 15 is 0 Å². The van der Waals surface area contributed by atoms with E-state index in [0.29, 0.717) is 0 Å². The summed E-state index contributed by atoms with van der Waals surface area (Å²) in [4.78, 5) is 11.4. The lowest BCUT2D eigenvalue weighted by atomic mass is 9.89. The Hall–Kier alpha value is -0.810. The molecule has 0 aromatic heterocycles. The highest BCUT2D eigenvalue weighted by atomic mass is 16.7. The quantitative estimate of drug-likeness (QED) is 0.282. The monoisotopic (exact) mass is 281 g/mol. The van der Waals surface area contributed by atoms with Crippen molar-refractivity contribution in [2.24, 2.45) is 5.73 Å². The van der Waals surface area contributed by atoms with Gasteiger partial charge >= 0.3 is 5.97 Å². The van der Waals surface area contributed by atoms with Crippen LogP contribution >= 0.6 is 0 Å². The lowest BCUT2D eigenvalue weighted by molar-refractivity contribution is -0.294. The Morgan fingerprint density at radius 1 is 1.58 bits per heavy atom. The fourth-order valence-corrected chi connectivity index (χ4v) is 1.91. The van der Waals surface area contributed by atoms with Crippen LogP contribution in [0.25, 0.3) is 0 Å². The van der Waals surface area contributed by atoms with Crippen molar-refractivity contribution in [1.29, 1.82) is 0 Å². The van der Waals surface area contributed by atoms with Crippen LogP contribution < -0.4 is 5.73 Å². The summed E-state index contributed by atoms with van der Waals surface area (Å²) < 4.78 is 9.30. The molecule has 19 heavy (non-hydrogen) atoms. The third kappa shape index (κ3) is 3.20. The van der Waals surface area contributed by atoms with Crippen molar-refractivity contribution in [1.82, 2.24) is 0 Å². The van der Waals surface area contributed by atoms with Gasteiger partial charge in [-0.3, -0.25) is 0 Å². The van der Waals surface area contributed by atoms with E-state index in [1.165, 1.54) is 0 Å². The molecule has 1 rings (SSSR count). The van der Waals surface area contributed by atoms with Crippen molar-refractivity contribution in [2.75, 3.05) is 13.7 Å². The number of methoxy groups -OCH3 is 1. The molecule has 112 valence electrons. The Kier molecular flexibility index (Phi) is 5.21. The Balaban J connectivity index is 2.94. The maximum Gasteiger partial charge on any atom is 0.366 e. The Labute approximate surface area is 109 Å². The predicted octanol–water partition coefficient (Wildman–Crippen LogP) is -3.96. The second kappa shape index (κ2) is 6.09. The van der Waals surface area contributed by atoms with Crippen LogP contribution in [0.2, 0.25) is 0 Å². The number of carbonyl (C=O) groups is 1. The molecular formula is C10H19NO8. The zero-order valence-corrected chi connectivity index (χ0v) is 10.3. The number of hydrogen-bond donors (Lipinski definition) is 6. The van der Waals surface area contributed by atoms with Crippen molar-refractivity contribution in [2.45, 2.75) is 42.7 Å². The van der Waals surface area contributed by atoms with Gasteiger partial charge in [-0.1, -0.05) is 0 Å². The van der Waals surface area contributed by atoms with Gasteiger partial charge in [-0.2, -0.15) is 0 Å². The summed E-state index contributed by atoms with van der Waals surface area (Å²) in [6.45, 7) is -0.777. The number of ether oxygens (including phenoxy) is 2. The number of aliphatic hydroxyl groups excluding tert-OH is 4. The lowest BCUT2D eigenvalue weighted by Gasteiger charge is -2.43. The van der Waals surface area contributed by atoms with Gasteiger partial charge in [0.1, 0.15) is 18.3 Å². The average Bonchev–Trinajstić information content (AvgIpc) is 2.40.